The van der Waals surface area contributed by atoms with E-state index < -0.39 is 10.0 Å². The van der Waals surface area contributed by atoms with Crippen LogP contribution >= 0.6 is 0 Å². The van der Waals surface area contributed by atoms with Crippen molar-refractivity contribution in [3.05, 3.63) is 0 Å². The average Bonchev–Trinajstić information content (AvgIpc) is 3.14. The SMILES string of the molecule is CCCNCCS(=O)(=O)N(C)CCOCC1CC1. The molecule has 0 heterocycles. The first-order valence-corrected chi connectivity index (χ1v) is 8.39. The molecule has 1 rings (SSSR count). The largest absolute Gasteiger partial charge is 0.380 e. The number of nitrogens with zero attached hydrogens (tertiary/aromatic N) is 1. The van der Waals surface area contributed by atoms with Crippen LogP contribution < -0.4 is 5.32 Å². The molecule has 6 heteroatoms. The number of rotatable bonds is 11. The minimum absolute atomic E-state index is 0.159. The third kappa shape index (κ3) is 6.68. The van der Waals surface area contributed by atoms with Crippen LogP contribution in [-0.2, 0) is 14.8 Å². The molecule has 0 spiro atoms. The summed E-state index contributed by atoms with van der Waals surface area (Å²) in [4.78, 5) is 0. The van der Waals surface area contributed by atoms with Crippen LogP contribution in [0.2, 0.25) is 0 Å². The molecule has 0 bridgehead atoms. The molecule has 5 nitrogen and oxygen atoms in total. The smallest absolute Gasteiger partial charge is 0.215 e. The maximum absolute atomic E-state index is 11.9. The van der Waals surface area contributed by atoms with E-state index in [1.54, 1.807) is 7.05 Å². The number of likely N-dealkylation sites (N-methyl/N-ethyl adjacent to an activating group) is 1. The van der Waals surface area contributed by atoms with Gasteiger partial charge in [-0.2, -0.15) is 0 Å². The fraction of sp³-hybridized carbons (Fsp3) is 1.00. The van der Waals surface area contributed by atoms with E-state index >= 15 is 0 Å². The molecule has 1 saturated carbocycles. The second kappa shape index (κ2) is 8.09. The molecule has 0 radical (unpaired) electrons. The molecule has 0 aromatic carbocycles. The summed E-state index contributed by atoms with van der Waals surface area (Å²) in [5, 5.41) is 3.10. The van der Waals surface area contributed by atoms with Gasteiger partial charge in [-0.3, -0.25) is 0 Å². The zero-order chi connectivity index (χ0) is 13.4. The third-order valence-corrected chi connectivity index (χ3v) is 4.89. The Balaban J connectivity index is 2.10. The van der Waals surface area contributed by atoms with Gasteiger partial charge in [-0.1, -0.05) is 6.92 Å². The van der Waals surface area contributed by atoms with Crippen LogP contribution in [0.15, 0.2) is 0 Å². The Morgan fingerprint density at radius 2 is 2.06 bits per heavy atom. The number of ether oxygens (including phenoxy) is 1. The maximum atomic E-state index is 11.9. The van der Waals surface area contributed by atoms with Crippen molar-refractivity contribution < 1.29 is 13.2 Å². The first-order chi connectivity index (χ1) is 8.56. The predicted octanol–water partition coefficient (Wildman–Crippen LogP) is 0.674. The van der Waals surface area contributed by atoms with Crippen molar-refractivity contribution >= 4 is 10.0 Å². The number of hydrogen-bond acceptors (Lipinski definition) is 4. The van der Waals surface area contributed by atoms with E-state index in [2.05, 4.69) is 12.2 Å². The maximum Gasteiger partial charge on any atom is 0.215 e. The van der Waals surface area contributed by atoms with Gasteiger partial charge in [-0.25, -0.2) is 12.7 Å². The average molecular weight is 278 g/mol. The zero-order valence-corrected chi connectivity index (χ0v) is 12.3. The summed E-state index contributed by atoms with van der Waals surface area (Å²) in [6.07, 6.45) is 3.54. The van der Waals surface area contributed by atoms with E-state index in [0.29, 0.717) is 19.7 Å². The molecule has 0 unspecified atom stereocenters. The number of sulfonamides is 1. The van der Waals surface area contributed by atoms with Gasteiger partial charge in [0.25, 0.3) is 0 Å². The molecule has 1 aliphatic carbocycles. The van der Waals surface area contributed by atoms with E-state index in [-0.39, 0.29) is 5.75 Å². The summed E-state index contributed by atoms with van der Waals surface area (Å²) in [6.45, 7) is 5.17. The van der Waals surface area contributed by atoms with Crippen molar-refractivity contribution in [3.63, 3.8) is 0 Å². The minimum atomic E-state index is -3.13. The highest BCUT2D eigenvalue weighted by molar-refractivity contribution is 7.89. The Morgan fingerprint density at radius 3 is 2.67 bits per heavy atom. The second-order valence-electron chi connectivity index (χ2n) is 4.91. The van der Waals surface area contributed by atoms with E-state index in [4.69, 9.17) is 4.74 Å². The number of nitrogens with one attached hydrogen (secondary N) is 1. The molecule has 108 valence electrons. The first kappa shape index (κ1) is 15.9. The Bertz CT molecular complexity index is 315. The van der Waals surface area contributed by atoms with Gasteiger partial charge in [0.2, 0.25) is 10.0 Å². The van der Waals surface area contributed by atoms with E-state index in [1.807, 2.05) is 0 Å². The molecule has 1 fully saturated rings. The van der Waals surface area contributed by atoms with E-state index in [9.17, 15) is 8.42 Å². The highest BCUT2D eigenvalue weighted by Crippen LogP contribution is 2.28. The Kier molecular flexibility index (Phi) is 7.14. The molecule has 0 atom stereocenters. The Labute approximate surface area is 111 Å². The lowest BCUT2D eigenvalue weighted by Crippen LogP contribution is -2.35. The molecule has 0 amide bonds. The van der Waals surface area contributed by atoms with Crippen LogP contribution in [-0.4, -0.2) is 58.4 Å². The standard InChI is InChI=1S/C12H26N2O3S/c1-3-6-13-7-10-18(15,16)14(2)8-9-17-11-12-4-5-12/h12-13H,3-11H2,1-2H3. The first-order valence-electron chi connectivity index (χ1n) is 6.78. The lowest BCUT2D eigenvalue weighted by atomic mass is 10.5. The predicted molar refractivity (Wildman–Crippen MR) is 73.1 cm³/mol. The molecular weight excluding hydrogens is 252 g/mol. The summed E-state index contributed by atoms with van der Waals surface area (Å²) >= 11 is 0. The van der Waals surface area contributed by atoms with Crippen LogP contribution in [0.1, 0.15) is 26.2 Å². The molecule has 1 N–H and O–H groups in total. The lowest BCUT2D eigenvalue weighted by Gasteiger charge is -2.17. The molecule has 18 heavy (non-hydrogen) atoms. The van der Waals surface area contributed by atoms with Crippen molar-refractivity contribution in [1.82, 2.24) is 9.62 Å². The van der Waals surface area contributed by atoms with Gasteiger partial charge in [0.15, 0.2) is 0 Å². The van der Waals surface area contributed by atoms with Gasteiger partial charge in [-0.05, 0) is 31.7 Å². The van der Waals surface area contributed by atoms with Crippen LogP contribution in [0.5, 0.6) is 0 Å². The van der Waals surface area contributed by atoms with Crippen LogP contribution in [0.3, 0.4) is 0 Å². The molecule has 0 aromatic heterocycles. The zero-order valence-electron chi connectivity index (χ0n) is 11.5. The fourth-order valence-corrected chi connectivity index (χ4v) is 2.59. The summed E-state index contributed by atoms with van der Waals surface area (Å²) in [6, 6.07) is 0. The van der Waals surface area contributed by atoms with Gasteiger partial charge in [0, 0.05) is 26.7 Å². The number of hydrogen-bond donors (Lipinski definition) is 1. The van der Waals surface area contributed by atoms with Crippen molar-refractivity contribution in [3.8, 4) is 0 Å². The minimum Gasteiger partial charge on any atom is -0.380 e. The van der Waals surface area contributed by atoms with Crippen LogP contribution in [0.25, 0.3) is 0 Å². The highest BCUT2D eigenvalue weighted by atomic mass is 32.2. The topological polar surface area (TPSA) is 58.6 Å². The van der Waals surface area contributed by atoms with Crippen molar-refractivity contribution in [2.75, 3.05) is 45.6 Å². The molecule has 0 aromatic rings. The summed E-state index contributed by atoms with van der Waals surface area (Å²) in [5.41, 5.74) is 0. The van der Waals surface area contributed by atoms with E-state index in [1.165, 1.54) is 17.1 Å². The monoisotopic (exact) mass is 278 g/mol. The Hall–Kier alpha value is -0.170. The molecule has 1 aliphatic rings. The van der Waals surface area contributed by atoms with Crippen LogP contribution in [0.4, 0.5) is 0 Å². The van der Waals surface area contributed by atoms with Crippen molar-refractivity contribution in [2.45, 2.75) is 26.2 Å². The van der Waals surface area contributed by atoms with E-state index in [0.717, 1.165) is 25.5 Å². The second-order valence-corrected chi connectivity index (χ2v) is 7.10. The van der Waals surface area contributed by atoms with Crippen LogP contribution in [0, 0.1) is 5.92 Å². The summed E-state index contributed by atoms with van der Waals surface area (Å²) in [7, 11) is -1.51. The van der Waals surface area contributed by atoms with Crippen molar-refractivity contribution in [1.29, 1.82) is 0 Å². The van der Waals surface area contributed by atoms with Gasteiger partial charge in [0.1, 0.15) is 0 Å². The molecule has 0 saturated heterocycles. The molecule has 0 aliphatic heterocycles. The normalized spacial score (nSPS) is 16.4. The molecular formula is C12H26N2O3S. The lowest BCUT2D eigenvalue weighted by molar-refractivity contribution is 0.117. The fourth-order valence-electron chi connectivity index (χ4n) is 1.53. The van der Waals surface area contributed by atoms with Gasteiger partial charge < -0.3 is 10.1 Å². The summed E-state index contributed by atoms with van der Waals surface area (Å²) in [5.74, 6) is 0.886. The van der Waals surface area contributed by atoms with Gasteiger partial charge >= 0.3 is 0 Å². The van der Waals surface area contributed by atoms with Gasteiger partial charge in [-0.15, -0.1) is 0 Å². The quantitative estimate of drug-likeness (QED) is 0.565. The van der Waals surface area contributed by atoms with Crippen molar-refractivity contribution in [2.24, 2.45) is 5.92 Å². The highest BCUT2D eigenvalue weighted by Gasteiger charge is 2.21. The van der Waals surface area contributed by atoms with Gasteiger partial charge in [0.05, 0.1) is 12.4 Å². The Morgan fingerprint density at radius 1 is 1.33 bits per heavy atom. The summed E-state index contributed by atoms with van der Waals surface area (Å²) < 4.78 is 30.6. The third-order valence-electron chi connectivity index (χ3n) is 3.04.